The summed E-state index contributed by atoms with van der Waals surface area (Å²) in [6, 6.07) is 11.1. The quantitative estimate of drug-likeness (QED) is 0.894. The Labute approximate surface area is 134 Å². The van der Waals surface area contributed by atoms with Gasteiger partial charge in [-0.15, -0.1) is 0 Å². The predicted molar refractivity (Wildman–Crippen MR) is 90.2 cm³/mol. The molecule has 3 heteroatoms. The summed E-state index contributed by atoms with van der Waals surface area (Å²) in [7, 11) is 2.01. The average molecular weight is 346 g/mol. The van der Waals surface area contributed by atoms with Crippen molar-refractivity contribution in [2.24, 2.45) is 0 Å². The van der Waals surface area contributed by atoms with Gasteiger partial charge in [0.15, 0.2) is 0 Å². The molecule has 1 atom stereocenters. The van der Waals surface area contributed by atoms with Crippen LogP contribution in [0.5, 0.6) is 5.75 Å². The van der Waals surface area contributed by atoms with Crippen LogP contribution in [0.15, 0.2) is 34.8 Å². The van der Waals surface area contributed by atoms with Crippen LogP contribution in [0.4, 0.5) is 0 Å². The zero-order valence-electron chi connectivity index (χ0n) is 12.7. The molecule has 0 spiro atoms. The maximum absolute atomic E-state index is 5.87. The number of fused-ring (bicyclic) bond motifs is 1. The summed E-state index contributed by atoms with van der Waals surface area (Å²) >= 11 is 3.65. The first kappa shape index (κ1) is 14.6. The van der Waals surface area contributed by atoms with Gasteiger partial charge >= 0.3 is 0 Å². The normalized spacial score (nSPS) is 14.7. The highest BCUT2D eigenvalue weighted by molar-refractivity contribution is 9.10. The predicted octanol–water partition coefficient (Wildman–Crippen LogP) is 4.31. The fraction of sp³-hybridized carbons (Fsp3) is 0.333. The molecular formula is C18H20BrNO. The summed E-state index contributed by atoms with van der Waals surface area (Å²) in [6.07, 6.45) is 1.01. The van der Waals surface area contributed by atoms with Crippen molar-refractivity contribution in [1.29, 1.82) is 0 Å². The molecule has 0 saturated carbocycles. The topological polar surface area (TPSA) is 21.3 Å². The Kier molecular flexibility index (Phi) is 4.05. The highest BCUT2D eigenvalue weighted by atomic mass is 79.9. The molecule has 3 rings (SSSR count). The monoisotopic (exact) mass is 345 g/mol. The van der Waals surface area contributed by atoms with Gasteiger partial charge in [-0.2, -0.15) is 0 Å². The lowest BCUT2D eigenvalue weighted by molar-refractivity contribution is 0.351. The third-order valence-corrected chi connectivity index (χ3v) is 5.39. The minimum Gasteiger partial charge on any atom is -0.493 e. The van der Waals surface area contributed by atoms with Gasteiger partial charge in [0.25, 0.3) is 0 Å². The van der Waals surface area contributed by atoms with E-state index in [-0.39, 0.29) is 6.04 Å². The molecule has 0 amide bonds. The first-order valence-electron chi connectivity index (χ1n) is 7.30. The van der Waals surface area contributed by atoms with E-state index in [0.29, 0.717) is 0 Å². The molecule has 2 nitrogen and oxygen atoms in total. The molecule has 1 unspecified atom stereocenters. The van der Waals surface area contributed by atoms with Crippen LogP contribution in [0, 0.1) is 13.8 Å². The van der Waals surface area contributed by atoms with Crippen LogP contribution in [0.1, 0.15) is 33.9 Å². The lowest BCUT2D eigenvalue weighted by atomic mass is 9.94. The van der Waals surface area contributed by atoms with E-state index < -0.39 is 0 Å². The van der Waals surface area contributed by atoms with Crippen molar-refractivity contribution >= 4 is 15.9 Å². The molecular weight excluding hydrogens is 326 g/mol. The Morgan fingerprint density at radius 3 is 2.57 bits per heavy atom. The first-order chi connectivity index (χ1) is 10.1. The highest BCUT2D eigenvalue weighted by Crippen LogP contribution is 2.37. The second-order valence-electron chi connectivity index (χ2n) is 5.62. The molecule has 0 radical (unpaired) electrons. The molecule has 1 N–H and O–H groups in total. The van der Waals surface area contributed by atoms with E-state index in [1.165, 1.54) is 32.3 Å². The number of aryl methyl sites for hydroxylation is 2. The van der Waals surface area contributed by atoms with Crippen LogP contribution in [0.3, 0.4) is 0 Å². The van der Waals surface area contributed by atoms with Crippen molar-refractivity contribution in [3.8, 4) is 5.75 Å². The van der Waals surface area contributed by atoms with Crippen molar-refractivity contribution in [2.45, 2.75) is 26.3 Å². The van der Waals surface area contributed by atoms with Crippen LogP contribution in [0.25, 0.3) is 0 Å². The maximum Gasteiger partial charge on any atom is 0.127 e. The van der Waals surface area contributed by atoms with Gasteiger partial charge in [-0.25, -0.2) is 0 Å². The Bertz CT molecular complexity index is 658. The van der Waals surface area contributed by atoms with Gasteiger partial charge in [0.1, 0.15) is 5.75 Å². The molecule has 0 aliphatic carbocycles. The van der Waals surface area contributed by atoms with E-state index in [2.05, 4.69) is 65.4 Å². The number of para-hydroxylation sites is 1. The standard InChI is InChI=1S/C18H20BrNO/c1-11-9-14(10-12(2)16(11)19)17(20-3)15-6-4-5-13-7-8-21-18(13)15/h4-6,9-10,17,20H,7-8H2,1-3H3. The Hall–Kier alpha value is -1.32. The lowest BCUT2D eigenvalue weighted by Crippen LogP contribution is -2.18. The molecule has 110 valence electrons. The molecule has 2 aromatic rings. The van der Waals surface area contributed by atoms with E-state index in [1.54, 1.807) is 0 Å². The molecule has 0 aromatic heterocycles. The van der Waals surface area contributed by atoms with Crippen LogP contribution in [-0.4, -0.2) is 13.7 Å². The van der Waals surface area contributed by atoms with E-state index in [4.69, 9.17) is 4.74 Å². The van der Waals surface area contributed by atoms with Gasteiger partial charge < -0.3 is 10.1 Å². The Morgan fingerprint density at radius 1 is 1.19 bits per heavy atom. The third kappa shape index (κ3) is 2.60. The fourth-order valence-corrected chi connectivity index (χ4v) is 3.34. The molecule has 2 aromatic carbocycles. The van der Waals surface area contributed by atoms with E-state index in [9.17, 15) is 0 Å². The van der Waals surface area contributed by atoms with Gasteiger partial charge in [0.2, 0.25) is 0 Å². The average Bonchev–Trinajstić information content (AvgIpc) is 2.94. The SMILES string of the molecule is CNC(c1cc(C)c(Br)c(C)c1)c1cccc2c1OCC2. The summed E-state index contributed by atoms with van der Waals surface area (Å²) in [5.41, 5.74) is 6.35. The van der Waals surface area contributed by atoms with Crippen LogP contribution < -0.4 is 10.1 Å². The molecule has 1 aliphatic heterocycles. The highest BCUT2D eigenvalue weighted by Gasteiger charge is 2.23. The van der Waals surface area contributed by atoms with Crippen molar-refractivity contribution in [3.63, 3.8) is 0 Å². The zero-order chi connectivity index (χ0) is 15.0. The number of rotatable bonds is 3. The number of benzene rings is 2. The number of hydrogen-bond acceptors (Lipinski definition) is 2. The lowest BCUT2D eigenvalue weighted by Gasteiger charge is -2.21. The van der Waals surface area contributed by atoms with Crippen molar-refractivity contribution in [1.82, 2.24) is 5.32 Å². The second-order valence-corrected chi connectivity index (χ2v) is 6.42. The summed E-state index contributed by atoms with van der Waals surface area (Å²) < 4.78 is 7.06. The fourth-order valence-electron chi connectivity index (χ4n) is 3.12. The van der Waals surface area contributed by atoms with Gasteiger partial charge in [-0.3, -0.25) is 0 Å². The van der Waals surface area contributed by atoms with Gasteiger partial charge in [0.05, 0.1) is 12.6 Å². The third-order valence-electron chi connectivity index (χ3n) is 4.14. The van der Waals surface area contributed by atoms with Crippen molar-refractivity contribution in [3.05, 3.63) is 62.6 Å². The van der Waals surface area contributed by atoms with Gasteiger partial charge in [-0.05, 0) is 43.1 Å². The largest absolute Gasteiger partial charge is 0.493 e. The molecule has 1 aliphatic rings. The zero-order valence-corrected chi connectivity index (χ0v) is 14.3. The Morgan fingerprint density at radius 2 is 1.90 bits per heavy atom. The maximum atomic E-state index is 5.87. The minimum atomic E-state index is 0.156. The van der Waals surface area contributed by atoms with Crippen molar-refractivity contribution in [2.75, 3.05) is 13.7 Å². The minimum absolute atomic E-state index is 0.156. The summed E-state index contributed by atoms with van der Waals surface area (Å²) in [5.74, 6) is 1.06. The molecule has 21 heavy (non-hydrogen) atoms. The van der Waals surface area contributed by atoms with Gasteiger partial charge in [0, 0.05) is 16.5 Å². The second kappa shape index (κ2) is 5.82. The molecule has 0 saturated heterocycles. The number of nitrogens with one attached hydrogen (secondary N) is 1. The number of halogens is 1. The van der Waals surface area contributed by atoms with E-state index in [0.717, 1.165) is 18.8 Å². The van der Waals surface area contributed by atoms with Crippen LogP contribution in [-0.2, 0) is 6.42 Å². The summed E-state index contributed by atoms with van der Waals surface area (Å²) in [6.45, 7) is 5.07. The Balaban J connectivity index is 2.09. The van der Waals surface area contributed by atoms with Gasteiger partial charge in [-0.1, -0.05) is 46.3 Å². The molecule has 1 heterocycles. The van der Waals surface area contributed by atoms with E-state index in [1.807, 2.05) is 7.05 Å². The van der Waals surface area contributed by atoms with Crippen LogP contribution in [0.2, 0.25) is 0 Å². The first-order valence-corrected chi connectivity index (χ1v) is 8.09. The summed E-state index contributed by atoms with van der Waals surface area (Å²) in [4.78, 5) is 0. The summed E-state index contributed by atoms with van der Waals surface area (Å²) in [5, 5.41) is 3.44. The molecule has 0 fully saturated rings. The smallest absolute Gasteiger partial charge is 0.127 e. The van der Waals surface area contributed by atoms with Crippen LogP contribution >= 0.6 is 15.9 Å². The number of hydrogen-bond donors (Lipinski definition) is 1. The number of ether oxygens (including phenoxy) is 1. The van der Waals surface area contributed by atoms with E-state index >= 15 is 0 Å². The van der Waals surface area contributed by atoms with Crippen molar-refractivity contribution < 1.29 is 4.74 Å². The molecule has 0 bridgehead atoms.